The van der Waals surface area contributed by atoms with Gasteiger partial charge in [0.2, 0.25) is 11.8 Å². The molecule has 0 saturated carbocycles. The number of nitrogens with zero attached hydrogens (tertiary/aromatic N) is 1. The van der Waals surface area contributed by atoms with Gasteiger partial charge in [-0.05, 0) is 50.1 Å². The number of carbonyl (C=O) groups excluding carboxylic acids is 2. The van der Waals surface area contributed by atoms with E-state index in [1.54, 1.807) is 49.4 Å². The molecule has 2 rings (SSSR count). The number of ether oxygens (including phenoxy) is 1. The molecule has 2 amide bonds. The van der Waals surface area contributed by atoms with Crippen LogP contribution in [0.5, 0.6) is 5.75 Å². The van der Waals surface area contributed by atoms with Crippen molar-refractivity contribution in [2.45, 2.75) is 52.1 Å². The van der Waals surface area contributed by atoms with Crippen LogP contribution in [-0.2, 0) is 16.1 Å². The van der Waals surface area contributed by atoms with Gasteiger partial charge in [-0.1, -0.05) is 43.1 Å². The number of unbranched alkanes of at least 4 members (excludes halogenated alkanes) is 1. The molecule has 1 atom stereocenters. The molecular weight excluding hydrogens is 419 g/mol. The van der Waals surface area contributed by atoms with Crippen LogP contribution in [0.2, 0.25) is 5.02 Å². The van der Waals surface area contributed by atoms with Gasteiger partial charge in [0, 0.05) is 30.1 Å². The first kappa shape index (κ1) is 24.7. The minimum Gasteiger partial charge on any atom is -0.494 e. The predicted octanol–water partition coefficient (Wildman–Crippen LogP) is 4.97. The van der Waals surface area contributed by atoms with E-state index in [1.807, 2.05) is 6.92 Å². The monoisotopic (exact) mass is 448 g/mol. The van der Waals surface area contributed by atoms with E-state index in [1.165, 1.54) is 11.0 Å². The van der Waals surface area contributed by atoms with Crippen molar-refractivity contribution in [1.82, 2.24) is 10.2 Å². The molecule has 0 heterocycles. The van der Waals surface area contributed by atoms with Crippen molar-refractivity contribution in [3.8, 4) is 5.75 Å². The van der Waals surface area contributed by atoms with E-state index >= 15 is 0 Å². The summed E-state index contributed by atoms with van der Waals surface area (Å²) in [7, 11) is 0. The summed E-state index contributed by atoms with van der Waals surface area (Å²) in [4.78, 5) is 26.9. The fourth-order valence-electron chi connectivity index (χ4n) is 3.02. The highest BCUT2D eigenvalue weighted by Gasteiger charge is 2.26. The Balaban J connectivity index is 1.98. The number of carbonyl (C=O) groups is 2. The van der Waals surface area contributed by atoms with E-state index in [0.717, 1.165) is 12.8 Å². The molecule has 0 saturated heterocycles. The highest BCUT2D eigenvalue weighted by atomic mass is 35.5. The maximum absolute atomic E-state index is 14.2. The Morgan fingerprint density at radius 1 is 1.13 bits per heavy atom. The van der Waals surface area contributed by atoms with Crippen LogP contribution in [0, 0.1) is 5.82 Å². The minimum atomic E-state index is -0.707. The number of hydrogen-bond donors (Lipinski definition) is 1. The Bertz CT molecular complexity index is 845. The van der Waals surface area contributed by atoms with Gasteiger partial charge in [-0.25, -0.2) is 4.39 Å². The molecule has 168 valence electrons. The third-order valence-corrected chi connectivity index (χ3v) is 5.16. The molecule has 1 unspecified atom stereocenters. The van der Waals surface area contributed by atoms with Crippen molar-refractivity contribution in [1.29, 1.82) is 0 Å². The van der Waals surface area contributed by atoms with Crippen LogP contribution in [-0.4, -0.2) is 35.9 Å². The number of benzene rings is 2. The van der Waals surface area contributed by atoms with Crippen molar-refractivity contribution in [3.05, 3.63) is 64.9 Å². The van der Waals surface area contributed by atoms with Crippen LogP contribution < -0.4 is 10.1 Å². The zero-order valence-corrected chi connectivity index (χ0v) is 18.8. The molecule has 2 aromatic rings. The molecule has 2 aromatic carbocycles. The second-order valence-corrected chi connectivity index (χ2v) is 7.78. The number of nitrogens with one attached hydrogen (secondary N) is 1. The Morgan fingerprint density at radius 3 is 2.52 bits per heavy atom. The average Bonchev–Trinajstić information content (AvgIpc) is 2.77. The summed E-state index contributed by atoms with van der Waals surface area (Å²) in [6, 6.07) is 12.6. The summed E-state index contributed by atoms with van der Waals surface area (Å²) in [5, 5.41) is 3.47. The lowest BCUT2D eigenvalue weighted by Crippen LogP contribution is -2.47. The second-order valence-electron chi connectivity index (χ2n) is 7.34. The summed E-state index contributed by atoms with van der Waals surface area (Å²) >= 11 is 5.86. The Kier molecular flexibility index (Phi) is 10.3. The molecule has 0 aliphatic carbocycles. The van der Waals surface area contributed by atoms with Crippen LogP contribution in [0.4, 0.5) is 4.39 Å². The topological polar surface area (TPSA) is 58.6 Å². The standard InChI is InChI=1S/C24H30ClFN2O3/c1-3-4-15-27-24(30)18(2)28(17-19-8-5-6-9-22(19)26)23(29)10-7-16-31-21-13-11-20(25)12-14-21/h5-6,8-9,11-14,18H,3-4,7,10,15-17H2,1-2H3,(H,27,30). The SMILES string of the molecule is CCCCNC(=O)C(C)N(Cc1ccccc1F)C(=O)CCCOc1ccc(Cl)cc1. The third-order valence-electron chi connectivity index (χ3n) is 4.91. The summed E-state index contributed by atoms with van der Waals surface area (Å²) < 4.78 is 19.8. The quantitative estimate of drug-likeness (QED) is 0.466. The van der Waals surface area contributed by atoms with Crippen LogP contribution in [0.3, 0.4) is 0 Å². The lowest BCUT2D eigenvalue weighted by molar-refractivity contribution is -0.140. The molecule has 0 aromatic heterocycles. The van der Waals surface area contributed by atoms with Crippen LogP contribution in [0.1, 0.15) is 45.1 Å². The number of amides is 2. The molecule has 0 aliphatic heterocycles. The molecule has 5 nitrogen and oxygen atoms in total. The zero-order chi connectivity index (χ0) is 22.6. The van der Waals surface area contributed by atoms with Crippen LogP contribution in [0.25, 0.3) is 0 Å². The molecule has 0 radical (unpaired) electrons. The van der Waals surface area contributed by atoms with Crippen LogP contribution >= 0.6 is 11.6 Å². The first-order chi connectivity index (χ1) is 14.9. The smallest absolute Gasteiger partial charge is 0.242 e. The van der Waals surface area contributed by atoms with Gasteiger partial charge in [0.15, 0.2) is 0 Å². The van der Waals surface area contributed by atoms with E-state index in [9.17, 15) is 14.0 Å². The predicted molar refractivity (Wildman–Crippen MR) is 121 cm³/mol. The first-order valence-electron chi connectivity index (χ1n) is 10.6. The molecule has 31 heavy (non-hydrogen) atoms. The van der Waals surface area contributed by atoms with Crippen molar-refractivity contribution in [3.63, 3.8) is 0 Å². The van der Waals surface area contributed by atoms with Gasteiger partial charge in [-0.15, -0.1) is 0 Å². The van der Waals surface area contributed by atoms with E-state index in [-0.39, 0.29) is 24.8 Å². The number of halogens is 2. The van der Waals surface area contributed by atoms with E-state index in [2.05, 4.69) is 5.32 Å². The summed E-state index contributed by atoms with van der Waals surface area (Å²) in [6.07, 6.45) is 2.48. The van der Waals surface area contributed by atoms with Crippen molar-refractivity contribution in [2.24, 2.45) is 0 Å². The van der Waals surface area contributed by atoms with E-state index in [0.29, 0.717) is 35.9 Å². The Morgan fingerprint density at radius 2 is 1.84 bits per heavy atom. The fourth-order valence-corrected chi connectivity index (χ4v) is 3.14. The largest absolute Gasteiger partial charge is 0.494 e. The van der Waals surface area contributed by atoms with Gasteiger partial charge in [0.05, 0.1) is 6.61 Å². The highest BCUT2D eigenvalue weighted by Crippen LogP contribution is 2.17. The normalized spacial score (nSPS) is 11.6. The van der Waals surface area contributed by atoms with Gasteiger partial charge < -0.3 is 15.0 Å². The molecule has 7 heteroatoms. The molecule has 0 aliphatic rings. The summed E-state index contributed by atoms with van der Waals surface area (Å²) in [5.41, 5.74) is 0.376. The minimum absolute atomic E-state index is 0.0336. The summed E-state index contributed by atoms with van der Waals surface area (Å²) in [5.74, 6) is -0.189. The Hall–Kier alpha value is -2.60. The van der Waals surface area contributed by atoms with Crippen molar-refractivity contribution in [2.75, 3.05) is 13.2 Å². The fraction of sp³-hybridized carbons (Fsp3) is 0.417. The van der Waals surface area contributed by atoms with Gasteiger partial charge >= 0.3 is 0 Å². The molecular formula is C24H30ClFN2O3. The highest BCUT2D eigenvalue weighted by molar-refractivity contribution is 6.30. The maximum atomic E-state index is 14.2. The first-order valence-corrected chi connectivity index (χ1v) is 11.0. The number of hydrogen-bond acceptors (Lipinski definition) is 3. The van der Waals surface area contributed by atoms with Gasteiger partial charge in [-0.2, -0.15) is 0 Å². The van der Waals surface area contributed by atoms with Gasteiger partial charge in [0.1, 0.15) is 17.6 Å². The lowest BCUT2D eigenvalue weighted by Gasteiger charge is -2.29. The van der Waals surface area contributed by atoms with E-state index in [4.69, 9.17) is 16.3 Å². The van der Waals surface area contributed by atoms with Crippen LogP contribution in [0.15, 0.2) is 48.5 Å². The molecule has 0 spiro atoms. The Labute approximate surface area is 188 Å². The molecule has 0 fully saturated rings. The number of rotatable bonds is 12. The maximum Gasteiger partial charge on any atom is 0.242 e. The third kappa shape index (κ3) is 8.21. The molecule has 0 bridgehead atoms. The summed E-state index contributed by atoms with van der Waals surface area (Å²) in [6.45, 7) is 4.64. The zero-order valence-electron chi connectivity index (χ0n) is 18.1. The van der Waals surface area contributed by atoms with E-state index < -0.39 is 11.9 Å². The van der Waals surface area contributed by atoms with Gasteiger partial charge in [0.25, 0.3) is 0 Å². The second kappa shape index (κ2) is 13.0. The molecule has 1 N–H and O–H groups in total. The average molecular weight is 449 g/mol. The lowest BCUT2D eigenvalue weighted by atomic mass is 10.1. The van der Waals surface area contributed by atoms with Crippen molar-refractivity contribution < 1.29 is 18.7 Å². The van der Waals surface area contributed by atoms with Crippen molar-refractivity contribution >= 4 is 23.4 Å². The van der Waals surface area contributed by atoms with Gasteiger partial charge in [-0.3, -0.25) is 9.59 Å².